The van der Waals surface area contributed by atoms with Crippen LogP contribution in [0, 0.1) is 0 Å². The largest absolute Gasteiger partial charge is 0.605 e. The highest BCUT2D eigenvalue weighted by Gasteiger charge is 2.14. The Hall–Kier alpha value is -0.426. The van der Waals surface area contributed by atoms with E-state index in [1.807, 2.05) is 5.67 Å². The number of hydrogen-bond acceptors (Lipinski definition) is 2. The Kier molecular flexibility index (Phi) is 5.16. The molecular formula is C8H18O3Si2. The zero-order chi connectivity index (χ0) is 10.5. The summed E-state index contributed by atoms with van der Waals surface area (Å²) in [6, 6.07) is 0. The standard InChI is InChI=1S/C8H18O3Si2/c1-12(11-13(2,3)4)7-5-6-8(9)10/h7H,5-6H2,1-4H3,(H,9,10). The van der Waals surface area contributed by atoms with Gasteiger partial charge in [-0.1, -0.05) is 5.67 Å². The number of carboxylic acids is 1. The quantitative estimate of drug-likeness (QED) is 0.715. The summed E-state index contributed by atoms with van der Waals surface area (Å²) in [5.41, 5.74) is 2.02. The number of aliphatic carboxylic acids is 1. The Balaban J connectivity index is 3.83. The molecule has 0 aromatic carbocycles. The van der Waals surface area contributed by atoms with Crippen molar-refractivity contribution in [2.24, 2.45) is 0 Å². The lowest BCUT2D eigenvalue weighted by Gasteiger charge is -2.20. The van der Waals surface area contributed by atoms with E-state index in [0.29, 0.717) is 6.42 Å². The van der Waals surface area contributed by atoms with Crippen LogP contribution in [0.25, 0.3) is 0 Å². The minimum Gasteiger partial charge on any atom is -0.605 e. The van der Waals surface area contributed by atoms with Crippen molar-refractivity contribution >= 4 is 28.6 Å². The number of rotatable bonds is 5. The van der Waals surface area contributed by atoms with Crippen LogP contribution in [0.2, 0.25) is 26.2 Å². The first-order valence-electron chi connectivity index (χ1n) is 4.39. The minimum absolute atomic E-state index is 0.219. The molecule has 0 aliphatic rings. The van der Waals surface area contributed by atoms with E-state index in [1.54, 1.807) is 0 Å². The second kappa shape index (κ2) is 5.34. The molecule has 0 saturated carbocycles. The molecular weight excluding hydrogens is 200 g/mol. The Labute approximate surface area is 82.2 Å². The first kappa shape index (κ1) is 12.6. The molecule has 0 fully saturated rings. The Bertz CT molecular complexity index is 206. The Morgan fingerprint density at radius 2 is 2.08 bits per heavy atom. The topological polar surface area (TPSA) is 46.5 Å². The van der Waals surface area contributed by atoms with Crippen molar-refractivity contribution in [2.75, 3.05) is 0 Å². The van der Waals surface area contributed by atoms with E-state index < -0.39 is 22.9 Å². The van der Waals surface area contributed by atoms with Crippen LogP contribution >= 0.6 is 0 Å². The van der Waals surface area contributed by atoms with Gasteiger partial charge in [-0.3, -0.25) is 4.79 Å². The van der Waals surface area contributed by atoms with Crippen LogP contribution in [-0.4, -0.2) is 33.7 Å². The molecule has 0 bridgehead atoms. The van der Waals surface area contributed by atoms with Crippen molar-refractivity contribution in [3.05, 3.63) is 0 Å². The Morgan fingerprint density at radius 3 is 2.46 bits per heavy atom. The maximum atomic E-state index is 10.2. The molecule has 0 saturated heterocycles. The van der Waals surface area contributed by atoms with Gasteiger partial charge in [0.1, 0.15) is 0 Å². The van der Waals surface area contributed by atoms with E-state index in [4.69, 9.17) is 9.22 Å². The molecule has 0 amide bonds. The SMILES string of the molecule is C[Si](=CCCC(=O)O)O[Si](C)(C)C. The second-order valence-corrected chi connectivity index (χ2v) is 10.6. The highest BCUT2D eigenvalue weighted by Crippen LogP contribution is 2.01. The number of carboxylic acid groups (broad SMARTS) is 1. The third-order valence-electron chi connectivity index (χ3n) is 1.26. The molecule has 1 N–H and O–H groups in total. The van der Waals surface area contributed by atoms with Crippen LogP contribution in [-0.2, 0) is 8.91 Å². The predicted octanol–water partition coefficient (Wildman–Crippen LogP) is 1.71. The average molecular weight is 218 g/mol. The molecule has 0 aromatic heterocycles. The van der Waals surface area contributed by atoms with E-state index >= 15 is 0 Å². The van der Waals surface area contributed by atoms with Crippen molar-refractivity contribution in [3.63, 3.8) is 0 Å². The van der Waals surface area contributed by atoms with Gasteiger partial charge in [-0.05, 0) is 32.6 Å². The van der Waals surface area contributed by atoms with Crippen molar-refractivity contribution in [3.8, 4) is 0 Å². The van der Waals surface area contributed by atoms with E-state index in [0.717, 1.165) is 0 Å². The van der Waals surface area contributed by atoms with Gasteiger partial charge in [0.2, 0.25) is 17.0 Å². The summed E-state index contributed by atoms with van der Waals surface area (Å²) in [6.45, 7) is 8.50. The molecule has 0 radical (unpaired) electrons. The number of carbonyl (C=O) groups is 1. The fourth-order valence-electron chi connectivity index (χ4n) is 0.924. The van der Waals surface area contributed by atoms with Crippen LogP contribution in [0.15, 0.2) is 0 Å². The molecule has 0 rings (SSSR count). The normalized spacial score (nSPS) is 12.8. The molecule has 0 spiro atoms. The van der Waals surface area contributed by atoms with Gasteiger partial charge in [0.25, 0.3) is 0 Å². The summed E-state index contributed by atoms with van der Waals surface area (Å²) < 4.78 is 5.81. The molecule has 13 heavy (non-hydrogen) atoms. The van der Waals surface area contributed by atoms with Crippen LogP contribution in [0.4, 0.5) is 0 Å². The third kappa shape index (κ3) is 9.49. The fraction of sp³-hybridized carbons (Fsp3) is 0.750. The molecule has 0 aliphatic carbocycles. The summed E-state index contributed by atoms with van der Waals surface area (Å²) in [4.78, 5) is 10.2. The van der Waals surface area contributed by atoms with Crippen molar-refractivity contribution < 1.29 is 14.0 Å². The van der Waals surface area contributed by atoms with E-state index in [2.05, 4.69) is 26.2 Å². The summed E-state index contributed by atoms with van der Waals surface area (Å²) in [5.74, 6) is -0.737. The molecule has 0 atom stereocenters. The van der Waals surface area contributed by atoms with E-state index in [-0.39, 0.29) is 6.42 Å². The van der Waals surface area contributed by atoms with Crippen LogP contribution < -0.4 is 0 Å². The van der Waals surface area contributed by atoms with Crippen molar-refractivity contribution in [1.82, 2.24) is 0 Å². The summed E-state index contributed by atoms with van der Waals surface area (Å²) in [7, 11) is -2.30. The molecule has 0 aromatic rings. The van der Waals surface area contributed by atoms with Crippen LogP contribution in [0.5, 0.6) is 0 Å². The third-order valence-corrected chi connectivity index (χ3v) is 5.86. The predicted molar refractivity (Wildman–Crippen MR) is 59.0 cm³/mol. The molecule has 76 valence electrons. The van der Waals surface area contributed by atoms with Gasteiger partial charge in [-0.25, -0.2) is 0 Å². The van der Waals surface area contributed by atoms with Crippen LogP contribution in [0.1, 0.15) is 12.8 Å². The van der Waals surface area contributed by atoms with Crippen molar-refractivity contribution in [1.29, 1.82) is 0 Å². The lowest BCUT2D eigenvalue weighted by molar-refractivity contribution is -0.136. The number of hydrogen-bond donors (Lipinski definition) is 1. The lowest BCUT2D eigenvalue weighted by atomic mass is 10.3. The summed E-state index contributed by atoms with van der Waals surface area (Å²) >= 11 is 0. The Morgan fingerprint density at radius 1 is 1.54 bits per heavy atom. The highest BCUT2D eigenvalue weighted by atomic mass is 28.4. The second-order valence-electron chi connectivity index (χ2n) is 3.96. The van der Waals surface area contributed by atoms with Gasteiger partial charge in [0.15, 0.2) is 0 Å². The summed E-state index contributed by atoms with van der Waals surface area (Å²) in [6.07, 6.45) is 0.849. The maximum absolute atomic E-state index is 10.2. The monoisotopic (exact) mass is 218 g/mol. The van der Waals surface area contributed by atoms with Gasteiger partial charge in [-0.15, -0.1) is 0 Å². The molecule has 0 heterocycles. The molecule has 0 unspecified atom stereocenters. The summed E-state index contributed by atoms with van der Waals surface area (Å²) in [5, 5.41) is 8.42. The lowest BCUT2D eigenvalue weighted by Crippen LogP contribution is -2.30. The first-order valence-corrected chi connectivity index (χ1v) is 9.78. The van der Waals surface area contributed by atoms with E-state index in [1.165, 1.54) is 0 Å². The minimum atomic E-state index is -1.43. The maximum Gasteiger partial charge on any atom is 0.303 e. The van der Waals surface area contributed by atoms with Gasteiger partial charge in [-0.2, -0.15) is 0 Å². The molecule has 3 nitrogen and oxygen atoms in total. The highest BCUT2D eigenvalue weighted by molar-refractivity contribution is 6.78. The smallest absolute Gasteiger partial charge is 0.303 e. The van der Waals surface area contributed by atoms with Gasteiger partial charge >= 0.3 is 5.97 Å². The van der Waals surface area contributed by atoms with Gasteiger partial charge in [0, 0.05) is 6.42 Å². The fourth-order valence-corrected chi connectivity index (χ4v) is 5.67. The van der Waals surface area contributed by atoms with E-state index in [9.17, 15) is 4.79 Å². The van der Waals surface area contributed by atoms with Crippen LogP contribution in [0.3, 0.4) is 0 Å². The van der Waals surface area contributed by atoms with Crippen molar-refractivity contribution in [2.45, 2.75) is 39.0 Å². The average Bonchev–Trinajstić information content (AvgIpc) is 1.81. The zero-order valence-corrected chi connectivity index (χ0v) is 10.8. The molecule has 0 aliphatic heterocycles. The van der Waals surface area contributed by atoms with Gasteiger partial charge < -0.3 is 9.22 Å². The molecule has 5 heteroatoms. The first-order chi connectivity index (χ1) is 5.81. The van der Waals surface area contributed by atoms with Gasteiger partial charge in [0.05, 0.1) is 0 Å². The zero-order valence-electron chi connectivity index (χ0n) is 8.76.